The quantitative estimate of drug-likeness (QED) is 0.677. The van der Waals surface area contributed by atoms with Gasteiger partial charge in [0.1, 0.15) is 0 Å². The highest BCUT2D eigenvalue weighted by Gasteiger charge is 2.28. The first kappa shape index (κ1) is 7.80. The van der Waals surface area contributed by atoms with Crippen molar-refractivity contribution in [2.24, 2.45) is 7.05 Å². The minimum Gasteiger partial charge on any atom is -0.392 e. The van der Waals surface area contributed by atoms with Crippen LogP contribution in [0.3, 0.4) is 0 Å². The summed E-state index contributed by atoms with van der Waals surface area (Å²) in [5.74, 6) is 0.284. The molecule has 0 radical (unpaired) electrons. The molecule has 1 saturated carbocycles. The molecular formula is C9H14N2O. The van der Waals surface area contributed by atoms with Gasteiger partial charge in [-0.15, -0.1) is 0 Å². The molecule has 1 aromatic heterocycles. The van der Waals surface area contributed by atoms with Crippen LogP contribution in [0.25, 0.3) is 0 Å². The van der Waals surface area contributed by atoms with Gasteiger partial charge in [0.05, 0.1) is 11.8 Å². The second kappa shape index (κ2) is 2.90. The SMILES string of the molecule is Cn1ccc(C2CCCC2O)n1. The zero-order chi connectivity index (χ0) is 8.55. The lowest BCUT2D eigenvalue weighted by Gasteiger charge is -2.10. The Labute approximate surface area is 72.0 Å². The van der Waals surface area contributed by atoms with Gasteiger partial charge in [-0.05, 0) is 18.9 Å². The topological polar surface area (TPSA) is 38.0 Å². The predicted octanol–water partition coefficient (Wildman–Crippen LogP) is 1.05. The van der Waals surface area contributed by atoms with E-state index in [4.69, 9.17) is 0 Å². The molecule has 12 heavy (non-hydrogen) atoms. The van der Waals surface area contributed by atoms with Crippen LogP contribution in [0.1, 0.15) is 30.9 Å². The average molecular weight is 166 g/mol. The van der Waals surface area contributed by atoms with Crippen LogP contribution in [0, 0.1) is 0 Å². The first-order valence-corrected chi connectivity index (χ1v) is 4.45. The number of rotatable bonds is 1. The van der Waals surface area contributed by atoms with Gasteiger partial charge in [0, 0.05) is 19.2 Å². The summed E-state index contributed by atoms with van der Waals surface area (Å²) in [5, 5.41) is 13.9. The number of aliphatic hydroxyl groups excluding tert-OH is 1. The molecular weight excluding hydrogens is 152 g/mol. The fourth-order valence-electron chi connectivity index (χ4n) is 1.92. The monoisotopic (exact) mass is 166 g/mol. The lowest BCUT2D eigenvalue weighted by molar-refractivity contribution is 0.162. The summed E-state index contributed by atoms with van der Waals surface area (Å²) in [6, 6.07) is 2.00. The van der Waals surface area contributed by atoms with Gasteiger partial charge in [-0.25, -0.2) is 0 Å². The summed E-state index contributed by atoms with van der Waals surface area (Å²) >= 11 is 0. The molecule has 2 unspecified atom stereocenters. The molecule has 1 fully saturated rings. The summed E-state index contributed by atoms with van der Waals surface area (Å²) in [7, 11) is 1.91. The van der Waals surface area contributed by atoms with Crippen LogP contribution in [0.15, 0.2) is 12.3 Å². The van der Waals surface area contributed by atoms with E-state index in [0.717, 1.165) is 25.0 Å². The maximum Gasteiger partial charge on any atom is 0.0681 e. The van der Waals surface area contributed by atoms with E-state index in [9.17, 15) is 5.11 Å². The molecule has 0 aromatic carbocycles. The highest BCUT2D eigenvalue weighted by atomic mass is 16.3. The molecule has 0 saturated heterocycles. The van der Waals surface area contributed by atoms with E-state index in [2.05, 4.69) is 5.10 Å². The summed E-state index contributed by atoms with van der Waals surface area (Å²) in [5.41, 5.74) is 1.04. The third kappa shape index (κ3) is 1.25. The first-order valence-electron chi connectivity index (χ1n) is 4.45. The van der Waals surface area contributed by atoms with Crippen LogP contribution in [0.2, 0.25) is 0 Å². The van der Waals surface area contributed by atoms with E-state index in [1.165, 1.54) is 0 Å². The maximum absolute atomic E-state index is 9.60. The lowest BCUT2D eigenvalue weighted by atomic mass is 10.0. The number of aryl methyl sites for hydroxylation is 1. The zero-order valence-electron chi connectivity index (χ0n) is 7.27. The van der Waals surface area contributed by atoms with Gasteiger partial charge in [0.2, 0.25) is 0 Å². The fourth-order valence-corrected chi connectivity index (χ4v) is 1.92. The summed E-state index contributed by atoms with van der Waals surface area (Å²) in [4.78, 5) is 0. The molecule has 3 heteroatoms. The summed E-state index contributed by atoms with van der Waals surface area (Å²) in [6.45, 7) is 0. The number of nitrogens with zero attached hydrogens (tertiary/aromatic N) is 2. The van der Waals surface area contributed by atoms with Crippen LogP contribution in [0.5, 0.6) is 0 Å². The number of aromatic nitrogens is 2. The molecule has 1 aromatic rings. The molecule has 2 atom stereocenters. The Bertz CT molecular complexity index is 269. The van der Waals surface area contributed by atoms with Crippen LogP contribution >= 0.6 is 0 Å². The summed E-state index contributed by atoms with van der Waals surface area (Å²) in [6.07, 6.45) is 4.90. The van der Waals surface area contributed by atoms with Crippen molar-refractivity contribution in [3.63, 3.8) is 0 Å². The smallest absolute Gasteiger partial charge is 0.0681 e. The molecule has 1 aliphatic carbocycles. The van der Waals surface area contributed by atoms with Crippen molar-refractivity contribution < 1.29 is 5.11 Å². The van der Waals surface area contributed by atoms with Crippen LogP contribution in [-0.4, -0.2) is 21.0 Å². The second-order valence-corrected chi connectivity index (χ2v) is 3.52. The highest BCUT2D eigenvalue weighted by Crippen LogP contribution is 2.33. The Kier molecular flexibility index (Phi) is 1.89. The van der Waals surface area contributed by atoms with E-state index in [-0.39, 0.29) is 12.0 Å². The van der Waals surface area contributed by atoms with E-state index in [1.54, 1.807) is 4.68 Å². The second-order valence-electron chi connectivity index (χ2n) is 3.52. The maximum atomic E-state index is 9.60. The minimum atomic E-state index is -0.167. The van der Waals surface area contributed by atoms with Crippen molar-refractivity contribution in [1.29, 1.82) is 0 Å². The Balaban J connectivity index is 2.19. The minimum absolute atomic E-state index is 0.167. The molecule has 1 aliphatic rings. The van der Waals surface area contributed by atoms with Gasteiger partial charge < -0.3 is 5.11 Å². The van der Waals surface area contributed by atoms with Gasteiger partial charge in [0.25, 0.3) is 0 Å². The van der Waals surface area contributed by atoms with Crippen molar-refractivity contribution in [3.05, 3.63) is 18.0 Å². The molecule has 0 amide bonds. The van der Waals surface area contributed by atoms with E-state index in [0.29, 0.717) is 0 Å². The normalized spacial score (nSPS) is 29.5. The predicted molar refractivity (Wildman–Crippen MR) is 45.8 cm³/mol. The first-order chi connectivity index (χ1) is 5.77. The van der Waals surface area contributed by atoms with Crippen molar-refractivity contribution in [1.82, 2.24) is 9.78 Å². The van der Waals surface area contributed by atoms with E-state index in [1.807, 2.05) is 19.3 Å². The van der Waals surface area contributed by atoms with Crippen molar-refractivity contribution >= 4 is 0 Å². The Morgan fingerprint density at radius 2 is 2.42 bits per heavy atom. The third-order valence-electron chi connectivity index (χ3n) is 2.59. The average Bonchev–Trinajstić information content (AvgIpc) is 2.58. The molecule has 1 heterocycles. The van der Waals surface area contributed by atoms with Crippen LogP contribution in [0.4, 0.5) is 0 Å². The third-order valence-corrected chi connectivity index (χ3v) is 2.59. The van der Waals surface area contributed by atoms with Crippen molar-refractivity contribution in [2.75, 3.05) is 0 Å². The van der Waals surface area contributed by atoms with Gasteiger partial charge in [-0.1, -0.05) is 6.42 Å². The molecule has 2 rings (SSSR count). The number of hydrogen-bond donors (Lipinski definition) is 1. The van der Waals surface area contributed by atoms with Gasteiger partial charge in [0.15, 0.2) is 0 Å². The fraction of sp³-hybridized carbons (Fsp3) is 0.667. The molecule has 0 spiro atoms. The van der Waals surface area contributed by atoms with Gasteiger partial charge in [-0.3, -0.25) is 4.68 Å². The molecule has 0 aliphatic heterocycles. The summed E-state index contributed by atoms with van der Waals surface area (Å²) < 4.78 is 1.79. The lowest BCUT2D eigenvalue weighted by Crippen LogP contribution is -2.11. The standard InChI is InChI=1S/C9H14N2O/c1-11-6-5-8(10-11)7-3-2-4-9(7)12/h5-7,9,12H,2-4H2,1H3. The molecule has 1 N–H and O–H groups in total. The Hall–Kier alpha value is -0.830. The van der Waals surface area contributed by atoms with Gasteiger partial charge in [-0.2, -0.15) is 5.10 Å². The van der Waals surface area contributed by atoms with Crippen LogP contribution < -0.4 is 0 Å². The Morgan fingerprint density at radius 1 is 1.58 bits per heavy atom. The van der Waals surface area contributed by atoms with E-state index < -0.39 is 0 Å². The molecule has 0 bridgehead atoms. The number of aliphatic hydroxyl groups is 1. The highest BCUT2D eigenvalue weighted by molar-refractivity contribution is 5.10. The van der Waals surface area contributed by atoms with Crippen LogP contribution in [-0.2, 0) is 7.05 Å². The van der Waals surface area contributed by atoms with E-state index >= 15 is 0 Å². The van der Waals surface area contributed by atoms with Crippen molar-refractivity contribution in [2.45, 2.75) is 31.3 Å². The molecule has 3 nitrogen and oxygen atoms in total. The largest absolute Gasteiger partial charge is 0.392 e. The molecule has 66 valence electrons. The zero-order valence-corrected chi connectivity index (χ0v) is 7.27. The van der Waals surface area contributed by atoms with Gasteiger partial charge >= 0.3 is 0 Å². The number of hydrogen-bond acceptors (Lipinski definition) is 2. The van der Waals surface area contributed by atoms with Crippen molar-refractivity contribution in [3.8, 4) is 0 Å². The Morgan fingerprint density at radius 3 is 2.92 bits per heavy atom.